The maximum Gasteiger partial charge on any atom is 0.265 e. The fraction of sp³-hybridized carbons (Fsp3) is 0.0714. The van der Waals surface area contributed by atoms with E-state index >= 15 is 0 Å². The molecule has 4 nitrogen and oxygen atoms in total. The first-order valence-electron chi connectivity index (χ1n) is 5.89. The van der Waals surface area contributed by atoms with Gasteiger partial charge in [0.2, 0.25) is 0 Å². The number of hydrogen-bond donors (Lipinski definition) is 2. The second-order valence-electron chi connectivity index (χ2n) is 4.12. The molecule has 0 aliphatic heterocycles. The van der Waals surface area contributed by atoms with Crippen molar-refractivity contribution in [2.45, 2.75) is 6.61 Å². The Morgan fingerprint density at radius 2 is 1.76 bits per heavy atom. The zero-order valence-electron chi connectivity index (χ0n) is 10.7. The first-order chi connectivity index (χ1) is 10.0. The van der Waals surface area contributed by atoms with Gasteiger partial charge in [0.25, 0.3) is 5.91 Å². The molecule has 21 heavy (non-hydrogen) atoms. The number of carbonyl (C=O) groups is 1. The molecule has 0 unspecified atom stereocenters. The Morgan fingerprint density at radius 1 is 1.10 bits per heavy atom. The molecule has 2 aromatic carbocycles. The third-order valence-electron chi connectivity index (χ3n) is 2.75. The minimum absolute atomic E-state index is 0.140. The fourth-order valence-corrected chi connectivity index (χ4v) is 2.31. The van der Waals surface area contributed by atoms with Crippen LogP contribution in [0.15, 0.2) is 36.4 Å². The topological polar surface area (TPSA) is 64.3 Å². The van der Waals surface area contributed by atoms with E-state index in [1.165, 1.54) is 12.1 Å². The molecule has 0 heterocycles. The molecule has 3 N–H and O–H groups in total. The molecule has 0 aliphatic rings. The first kappa shape index (κ1) is 15.9. The van der Waals surface area contributed by atoms with Crippen molar-refractivity contribution >= 4 is 40.7 Å². The van der Waals surface area contributed by atoms with Crippen LogP contribution >= 0.6 is 34.8 Å². The van der Waals surface area contributed by atoms with Gasteiger partial charge in [-0.2, -0.15) is 0 Å². The largest absolute Gasteiger partial charge is 0.487 e. The summed E-state index contributed by atoms with van der Waals surface area (Å²) in [5.74, 6) is 5.14. The van der Waals surface area contributed by atoms with E-state index in [1.807, 2.05) is 0 Å². The molecular formula is C14H11Cl3N2O2. The highest BCUT2D eigenvalue weighted by Gasteiger charge is 2.12. The van der Waals surface area contributed by atoms with Gasteiger partial charge in [0, 0.05) is 17.2 Å². The van der Waals surface area contributed by atoms with Crippen molar-refractivity contribution in [3.8, 4) is 5.75 Å². The zero-order valence-corrected chi connectivity index (χ0v) is 13.0. The van der Waals surface area contributed by atoms with Crippen molar-refractivity contribution in [3.63, 3.8) is 0 Å². The number of benzene rings is 2. The maximum atomic E-state index is 11.7. The van der Waals surface area contributed by atoms with Crippen molar-refractivity contribution in [1.29, 1.82) is 0 Å². The van der Waals surface area contributed by atoms with E-state index in [1.54, 1.807) is 24.3 Å². The van der Waals surface area contributed by atoms with Gasteiger partial charge in [-0.1, -0.05) is 53.0 Å². The Bertz CT molecular complexity index is 677. The number of rotatable bonds is 4. The van der Waals surface area contributed by atoms with Crippen LogP contribution in [0, 0.1) is 0 Å². The van der Waals surface area contributed by atoms with Crippen LogP contribution in [0.4, 0.5) is 0 Å². The third-order valence-corrected chi connectivity index (χ3v) is 3.77. The van der Waals surface area contributed by atoms with E-state index in [0.29, 0.717) is 31.9 Å². The van der Waals surface area contributed by atoms with Crippen LogP contribution in [0.3, 0.4) is 0 Å². The molecule has 0 saturated heterocycles. The fourth-order valence-electron chi connectivity index (χ4n) is 1.72. The lowest BCUT2D eigenvalue weighted by Crippen LogP contribution is -2.30. The molecule has 0 atom stereocenters. The number of amides is 1. The summed E-state index contributed by atoms with van der Waals surface area (Å²) in [6.45, 7) is 0.140. The van der Waals surface area contributed by atoms with Gasteiger partial charge < -0.3 is 4.74 Å². The summed E-state index contributed by atoms with van der Waals surface area (Å²) in [5.41, 5.74) is 3.18. The number of carbonyl (C=O) groups excluding carboxylic acids is 1. The standard InChI is InChI=1S/C14H11Cl3N2O2/c15-10-5-12(17)13(6-11(10)16)21-7-8-3-1-2-4-9(8)14(20)19-18/h1-6H,7,18H2,(H,19,20). The van der Waals surface area contributed by atoms with Crippen molar-refractivity contribution in [3.05, 3.63) is 62.6 Å². The minimum atomic E-state index is -0.394. The zero-order chi connectivity index (χ0) is 15.4. The van der Waals surface area contributed by atoms with Crippen LogP contribution in [-0.4, -0.2) is 5.91 Å². The number of halogens is 3. The highest BCUT2D eigenvalue weighted by Crippen LogP contribution is 2.34. The Labute approximate surface area is 136 Å². The van der Waals surface area contributed by atoms with Crippen molar-refractivity contribution in [2.24, 2.45) is 5.84 Å². The number of nitrogens with two attached hydrogens (primary N) is 1. The molecule has 0 aromatic heterocycles. The molecule has 0 saturated carbocycles. The predicted octanol–water partition coefficient (Wildman–Crippen LogP) is 3.83. The SMILES string of the molecule is NNC(=O)c1ccccc1COc1cc(Cl)c(Cl)cc1Cl. The van der Waals surface area contributed by atoms with Crippen LogP contribution in [0.2, 0.25) is 15.1 Å². The van der Waals surface area contributed by atoms with Crippen LogP contribution in [0.1, 0.15) is 15.9 Å². The monoisotopic (exact) mass is 344 g/mol. The smallest absolute Gasteiger partial charge is 0.265 e. The average molecular weight is 346 g/mol. The highest BCUT2D eigenvalue weighted by atomic mass is 35.5. The molecule has 0 bridgehead atoms. The Hall–Kier alpha value is -1.46. The number of hydrazine groups is 1. The summed E-state index contributed by atoms with van der Waals surface area (Å²) < 4.78 is 5.60. The van der Waals surface area contributed by atoms with Gasteiger partial charge in [-0.25, -0.2) is 5.84 Å². The van der Waals surface area contributed by atoms with Crippen molar-refractivity contribution < 1.29 is 9.53 Å². The van der Waals surface area contributed by atoms with E-state index < -0.39 is 5.91 Å². The van der Waals surface area contributed by atoms with Crippen LogP contribution in [-0.2, 0) is 6.61 Å². The average Bonchev–Trinajstić information content (AvgIpc) is 2.49. The Balaban J connectivity index is 2.21. The molecule has 2 aromatic rings. The molecule has 1 amide bonds. The molecular weight excluding hydrogens is 335 g/mol. The second-order valence-corrected chi connectivity index (χ2v) is 5.34. The molecule has 0 aliphatic carbocycles. The summed E-state index contributed by atoms with van der Waals surface area (Å²) >= 11 is 17.8. The second kappa shape index (κ2) is 7.00. The van der Waals surface area contributed by atoms with Gasteiger partial charge in [-0.15, -0.1) is 0 Å². The van der Waals surface area contributed by atoms with E-state index in [2.05, 4.69) is 5.43 Å². The van der Waals surface area contributed by atoms with Crippen LogP contribution in [0.25, 0.3) is 0 Å². The Kier molecular flexibility index (Phi) is 5.31. The van der Waals surface area contributed by atoms with Crippen LogP contribution in [0.5, 0.6) is 5.75 Å². The normalized spacial score (nSPS) is 10.3. The van der Waals surface area contributed by atoms with Crippen molar-refractivity contribution in [2.75, 3.05) is 0 Å². The number of nitrogen functional groups attached to an aromatic ring is 1. The maximum absolute atomic E-state index is 11.7. The van der Waals surface area contributed by atoms with Crippen molar-refractivity contribution in [1.82, 2.24) is 5.43 Å². The summed E-state index contributed by atoms with van der Waals surface area (Å²) in [5, 5.41) is 1.02. The number of hydrogen-bond acceptors (Lipinski definition) is 3. The van der Waals surface area contributed by atoms with Gasteiger partial charge in [0.15, 0.2) is 0 Å². The lowest BCUT2D eigenvalue weighted by molar-refractivity contribution is 0.0951. The molecule has 2 rings (SSSR count). The third kappa shape index (κ3) is 3.80. The van der Waals surface area contributed by atoms with Crippen LogP contribution < -0.4 is 16.0 Å². The lowest BCUT2D eigenvalue weighted by atomic mass is 10.1. The quantitative estimate of drug-likeness (QED) is 0.383. The van der Waals surface area contributed by atoms with Gasteiger partial charge in [0.1, 0.15) is 12.4 Å². The van der Waals surface area contributed by atoms with E-state index in [4.69, 9.17) is 45.4 Å². The summed E-state index contributed by atoms with van der Waals surface area (Å²) in [4.78, 5) is 11.7. The summed E-state index contributed by atoms with van der Waals surface area (Å²) in [7, 11) is 0. The number of ether oxygens (including phenoxy) is 1. The van der Waals surface area contributed by atoms with E-state index in [-0.39, 0.29) is 6.61 Å². The summed E-state index contributed by atoms with van der Waals surface area (Å²) in [6.07, 6.45) is 0. The lowest BCUT2D eigenvalue weighted by Gasteiger charge is -2.12. The number of nitrogens with one attached hydrogen (secondary N) is 1. The molecule has 110 valence electrons. The first-order valence-corrected chi connectivity index (χ1v) is 7.02. The molecule has 0 spiro atoms. The highest BCUT2D eigenvalue weighted by molar-refractivity contribution is 6.43. The van der Waals surface area contributed by atoms with E-state index in [0.717, 1.165) is 0 Å². The molecule has 0 radical (unpaired) electrons. The van der Waals surface area contributed by atoms with Gasteiger partial charge in [-0.3, -0.25) is 10.2 Å². The van der Waals surface area contributed by atoms with Gasteiger partial charge in [0.05, 0.1) is 15.1 Å². The predicted molar refractivity (Wildman–Crippen MR) is 83.9 cm³/mol. The van der Waals surface area contributed by atoms with Gasteiger partial charge >= 0.3 is 0 Å². The molecule has 7 heteroatoms. The van der Waals surface area contributed by atoms with Gasteiger partial charge in [-0.05, 0) is 12.1 Å². The molecule has 0 fully saturated rings. The minimum Gasteiger partial charge on any atom is -0.487 e. The summed E-state index contributed by atoms with van der Waals surface area (Å²) in [6, 6.07) is 9.97. The Morgan fingerprint density at radius 3 is 2.48 bits per heavy atom. The van der Waals surface area contributed by atoms with E-state index in [9.17, 15) is 4.79 Å².